The molecule has 0 saturated carbocycles. The highest BCUT2D eigenvalue weighted by molar-refractivity contribution is 14.0. The first-order valence-corrected chi connectivity index (χ1v) is 10.7. The Morgan fingerprint density at radius 1 is 1.21 bits per heavy atom. The third-order valence-corrected chi connectivity index (χ3v) is 5.43. The first-order chi connectivity index (χ1) is 15.5. The smallest absolute Gasteiger partial charge is 0.191 e. The number of hydrogen-bond acceptors (Lipinski definition) is 4. The number of aliphatic imine (C=N–C) groups is 1. The van der Waals surface area contributed by atoms with Gasteiger partial charge in [0.15, 0.2) is 5.96 Å². The monoisotopic (exact) mass is 567 g/mol. The van der Waals surface area contributed by atoms with Crippen LogP contribution in [0.25, 0.3) is 5.82 Å². The zero-order chi connectivity index (χ0) is 22.5. The van der Waals surface area contributed by atoms with Crippen LogP contribution in [-0.2, 0) is 6.54 Å². The van der Waals surface area contributed by atoms with Gasteiger partial charge in [0.25, 0.3) is 0 Å². The summed E-state index contributed by atoms with van der Waals surface area (Å²) in [6.45, 7) is 6.46. The van der Waals surface area contributed by atoms with E-state index in [1.807, 2.05) is 47.8 Å². The predicted octanol–water partition coefficient (Wildman–Crippen LogP) is 3.81. The first kappa shape index (κ1) is 24.9. The number of guanidine groups is 1. The van der Waals surface area contributed by atoms with Crippen LogP contribution < -0.4 is 15.5 Å². The highest BCUT2D eigenvalue weighted by Crippen LogP contribution is 2.24. The van der Waals surface area contributed by atoms with Gasteiger partial charge in [-0.15, -0.1) is 24.0 Å². The van der Waals surface area contributed by atoms with Crippen LogP contribution in [0.4, 0.5) is 14.5 Å². The van der Waals surface area contributed by atoms with E-state index in [1.165, 1.54) is 12.1 Å². The number of anilines is 1. The molecule has 2 N–H and O–H groups in total. The van der Waals surface area contributed by atoms with Crippen molar-refractivity contribution in [2.75, 3.05) is 24.5 Å². The summed E-state index contributed by atoms with van der Waals surface area (Å²) in [5.74, 6) is 1.30. The molecule has 10 heteroatoms. The lowest BCUT2D eigenvalue weighted by atomic mass is 10.2. The number of benzene rings is 1. The van der Waals surface area contributed by atoms with Gasteiger partial charge in [-0.25, -0.2) is 23.7 Å². The summed E-state index contributed by atoms with van der Waals surface area (Å²) in [7, 11) is 0. The molecule has 0 bridgehead atoms. The van der Waals surface area contributed by atoms with Crippen LogP contribution in [0.15, 0.2) is 53.9 Å². The van der Waals surface area contributed by atoms with Gasteiger partial charge in [0.05, 0.1) is 12.2 Å². The van der Waals surface area contributed by atoms with Crippen LogP contribution in [0, 0.1) is 18.6 Å². The van der Waals surface area contributed by atoms with E-state index in [-0.39, 0.29) is 30.0 Å². The lowest BCUT2D eigenvalue weighted by Crippen LogP contribution is -2.44. The van der Waals surface area contributed by atoms with Crippen LogP contribution in [0.2, 0.25) is 0 Å². The largest absolute Gasteiger partial charge is 0.367 e. The number of nitrogens with zero attached hydrogens (tertiary/aromatic N) is 5. The molecule has 1 saturated heterocycles. The van der Waals surface area contributed by atoms with Gasteiger partial charge in [-0.2, -0.15) is 0 Å². The third-order valence-electron chi connectivity index (χ3n) is 5.43. The lowest BCUT2D eigenvalue weighted by Gasteiger charge is -2.21. The van der Waals surface area contributed by atoms with Crippen molar-refractivity contribution >= 4 is 35.6 Å². The molecule has 2 aromatic heterocycles. The van der Waals surface area contributed by atoms with Crippen molar-refractivity contribution in [3.8, 4) is 5.82 Å². The van der Waals surface area contributed by atoms with Crippen LogP contribution >= 0.6 is 24.0 Å². The predicted molar refractivity (Wildman–Crippen MR) is 136 cm³/mol. The zero-order valence-corrected chi connectivity index (χ0v) is 21.0. The summed E-state index contributed by atoms with van der Waals surface area (Å²) in [6.07, 6.45) is 6.28. The maximum absolute atomic E-state index is 14.1. The summed E-state index contributed by atoms with van der Waals surface area (Å²) in [4.78, 5) is 15.3. The van der Waals surface area contributed by atoms with E-state index in [2.05, 4.69) is 25.6 Å². The Morgan fingerprint density at radius 2 is 2.06 bits per heavy atom. The quantitative estimate of drug-likeness (QED) is 0.270. The molecule has 3 aromatic rings. The second-order valence-electron chi connectivity index (χ2n) is 7.74. The van der Waals surface area contributed by atoms with Crippen molar-refractivity contribution in [1.29, 1.82) is 0 Å². The van der Waals surface area contributed by atoms with Crippen molar-refractivity contribution in [1.82, 2.24) is 25.2 Å². The molecule has 33 heavy (non-hydrogen) atoms. The number of aromatic nitrogens is 3. The van der Waals surface area contributed by atoms with E-state index >= 15 is 0 Å². The van der Waals surface area contributed by atoms with E-state index in [0.717, 1.165) is 36.2 Å². The van der Waals surface area contributed by atoms with Gasteiger partial charge in [0.1, 0.15) is 23.3 Å². The average Bonchev–Trinajstić information content (AvgIpc) is 3.41. The summed E-state index contributed by atoms with van der Waals surface area (Å²) in [5, 5.41) is 6.69. The Bertz CT molecular complexity index is 1080. The molecule has 1 aliphatic heterocycles. The van der Waals surface area contributed by atoms with Crippen LogP contribution in [0.3, 0.4) is 0 Å². The number of rotatable bonds is 6. The molecular weight excluding hydrogens is 539 g/mol. The number of pyridine rings is 1. The summed E-state index contributed by atoms with van der Waals surface area (Å²) in [5.41, 5.74) is 1.42. The number of nitrogens with one attached hydrogen (secondary N) is 2. The molecule has 0 amide bonds. The van der Waals surface area contributed by atoms with Crippen molar-refractivity contribution in [2.45, 2.75) is 32.9 Å². The molecule has 3 heterocycles. The minimum Gasteiger partial charge on any atom is -0.367 e. The van der Waals surface area contributed by atoms with Crippen LogP contribution in [0.1, 0.15) is 24.7 Å². The van der Waals surface area contributed by atoms with Crippen molar-refractivity contribution < 1.29 is 8.78 Å². The molecule has 1 atom stereocenters. The Labute approximate surface area is 209 Å². The molecule has 1 aliphatic rings. The summed E-state index contributed by atoms with van der Waals surface area (Å²) >= 11 is 0. The highest BCUT2D eigenvalue weighted by atomic mass is 127. The normalized spacial score (nSPS) is 15.9. The van der Waals surface area contributed by atoms with E-state index < -0.39 is 11.6 Å². The molecule has 176 valence electrons. The van der Waals surface area contributed by atoms with Gasteiger partial charge in [0, 0.05) is 50.3 Å². The Morgan fingerprint density at radius 3 is 2.73 bits per heavy atom. The third kappa shape index (κ3) is 6.18. The Kier molecular flexibility index (Phi) is 8.59. The van der Waals surface area contributed by atoms with Crippen LogP contribution in [0.5, 0.6) is 0 Å². The van der Waals surface area contributed by atoms with Crippen molar-refractivity contribution in [2.24, 2.45) is 4.99 Å². The second-order valence-corrected chi connectivity index (χ2v) is 7.74. The molecule has 1 unspecified atom stereocenters. The van der Waals surface area contributed by atoms with E-state index in [9.17, 15) is 8.78 Å². The van der Waals surface area contributed by atoms with Gasteiger partial charge in [-0.1, -0.05) is 6.07 Å². The maximum atomic E-state index is 14.1. The standard InChI is InChI=1S/C23H27F2N7.HI/c1-3-26-23(29-14-17-4-7-22(28-13-17)32-11-9-27-16(32)2)30-19-8-10-31(15-19)21-6-5-18(24)12-20(21)25;/h4-7,9,11-13,19H,3,8,10,14-15H2,1-2H3,(H2,26,29,30);1H. The van der Waals surface area contributed by atoms with Gasteiger partial charge >= 0.3 is 0 Å². The fourth-order valence-electron chi connectivity index (χ4n) is 3.79. The van der Waals surface area contributed by atoms with Crippen molar-refractivity contribution in [3.05, 3.63) is 71.9 Å². The zero-order valence-electron chi connectivity index (χ0n) is 18.6. The molecule has 0 aliphatic carbocycles. The minimum absolute atomic E-state index is 0. The van der Waals surface area contributed by atoms with Crippen molar-refractivity contribution in [3.63, 3.8) is 0 Å². The maximum Gasteiger partial charge on any atom is 0.191 e. The van der Waals surface area contributed by atoms with E-state index in [1.54, 1.807) is 6.20 Å². The molecule has 4 rings (SSSR count). The molecule has 1 fully saturated rings. The van der Waals surface area contributed by atoms with E-state index in [4.69, 9.17) is 0 Å². The second kappa shape index (κ2) is 11.4. The molecule has 7 nitrogen and oxygen atoms in total. The van der Waals surface area contributed by atoms with Gasteiger partial charge in [-0.05, 0) is 44.0 Å². The summed E-state index contributed by atoms with van der Waals surface area (Å²) < 4.78 is 29.2. The Balaban J connectivity index is 0.00000306. The molecule has 0 radical (unpaired) electrons. The first-order valence-electron chi connectivity index (χ1n) is 10.7. The fraction of sp³-hybridized carbons (Fsp3) is 0.348. The SMILES string of the molecule is CCNC(=NCc1ccc(-n2ccnc2C)nc1)NC1CCN(c2ccc(F)cc2F)C1.I. The molecule has 1 aromatic carbocycles. The molecular formula is C23H28F2IN7. The summed E-state index contributed by atoms with van der Waals surface area (Å²) in [6, 6.07) is 7.78. The topological polar surface area (TPSA) is 70.4 Å². The van der Waals surface area contributed by atoms with Gasteiger partial charge in [0.2, 0.25) is 0 Å². The molecule has 0 spiro atoms. The number of aryl methyl sites for hydroxylation is 1. The number of imidazole rings is 1. The van der Waals surface area contributed by atoms with E-state index in [0.29, 0.717) is 31.3 Å². The number of halogens is 3. The Hall–Kier alpha value is -2.76. The number of hydrogen-bond donors (Lipinski definition) is 2. The average molecular weight is 567 g/mol. The van der Waals surface area contributed by atoms with Crippen LogP contribution in [-0.4, -0.2) is 46.2 Å². The van der Waals surface area contributed by atoms with Gasteiger partial charge < -0.3 is 15.5 Å². The highest BCUT2D eigenvalue weighted by Gasteiger charge is 2.25. The minimum atomic E-state index is -0.565. The fourth-order valence-corrected chi connectivity index (χ4v) is 3.79. The lowest BCUT2D eigenvalue weighted by molar-refractivity contribution is 0.580. The van der Waals surface area contributed by atoms with Gasteiger partial charge in [-0.3, -0.25) is 4.57 Å².